The first-order valence-electron chi connectivity index (χ1n) is 13.0. The minimum Gasteiger partial charge on any atom is -0.477 e. The third-order valence-electron chi connectivity index (χ3n) is 6.67. The second kappa shape index (κ2) is 12.4. The third kappa shape index (κ3) is 6.20. The van der Waals surface area contributed by atoms with Crippen LogP contribution in [0.1, 0.15) is 36.6 Å². The van der Waals surface area contributed by atoms with Gasteiger partial charge >= 0.3 is 5.97 Å². The highest BCUT2D eigenvalue weighted by Gasteiger charge is 2.31. The minimum absolute atomic E-state index is 0.242. The normalized spacial score (nSPS) is 14.2. The number of ether oxygens (including phenoxy) is 1. The number of thioether (sulfide) groups is 1. The van der Waals surface area contributed by atoms with Crippen LogP contribution in [0.25, 0.3) is 21.7 Å². The van der Waals surface area contributed by atoms with Crippen LogP contribution in [0.2, 0.25) is 5.02 Å². The third-order valence-corrected chi connectivity index (χ3v) is 8.87. The number of hydrogen-bond acceptors (Lipinski definition) is 10. The van der Waals surface area contributed by atoms with Crippen molar-refractivity contribution in [3.05, 3.63) is 75.8 Å². The van der Waals surface area contributed by atoms with E-state index in [1.807, 2.05) is 29.6 Å². The molecule has 0 spiro atoms. The molecule has 1 fully saturated rings. The van der Waals surface area contributed by atoms with Gasteiger partial charge in [0.05, 0.1) is 11.3 Å². The van der Waals surface area contributed by atoms with Gasteiger partial charge in [0.25, 0.3) is 5.72 Å². The summed E-state index contributed by atoms with van der Waals surface area (Å²) in [5.41, 5.74) is 7.32. The van der Waals surface area contributed by atoms with Gasteiger partial charge in [0.1, 0.15) is 39.3 Å². The Morgan fingerprint density at radius 3 is 2.36 bits per heavy atom. The monoisotopic (exact) mass is 616 g/mol. The Morgan fingerprint density at radius 1 is 1.10 bits per heavy atom. The Balaban J connectivity index is 1.51. The predicted molar refractivity (Wildman–Crippen MR) is 164 cm³/mol. The highest BCUT2D eigenvalue weighted by atomic mass is 35.5. The Kier molecular flexibility index (Phi) is 8.66. The van der Waals surface area contributed by atoms with E-state index in [0.717, 1.165) is 42.2 Å². The van der Waals surface area contributed by atoms with Gasteiger partial charge < -0.3 is 14.7 Å². The number of carboxylic acids is 1. The van der Waals surface area contributed by atoms with Gasteiger partial charge in [-0.05, 0) is 42.7 Å². The maximum Gasteiger partial charge on any atom is 0.363 e. The SMILES string of the molecule is C[C@@](N)(Oc1ccc(-c2c(C#N)c(SCc3csc(-c4ccc(Cl)cc4)n3)nc(N3CCCC3)c2C#N)cc1)C(=O)O. The Bertz CT molecular complexity index is 1700. The number of halogens is 1. The molecule has 3 heterocycles. The number of aliphatic carboxylic acids is 1. The van der Waals surface area contributed by atoms with Gasteiger partial charge in [-0.25, -0.2) is 14.8 Å². The molecule has 2 aromatic heterocycles. The molecular weight excluding hydrogens is 592 g/mol. The zero-order chi connectivity index (χ0) is 29.9. The van der Waals surface area contributed by atoms with E-state index in [1.165, 1.54) is 30.0 Å². The maximum atomic E-state index is 11.4. The van der Waals surface area contributed by atoms with Crippen molar-refractivity contribution in [2.45, 2.75) is 36.3 Å². The van der Waals surface area contributed by atoms with E-state index in [4.69, 9.17) is 32.0 Å². The van der Waals surface area contributed by atoms with Crippen molar-refractivity contribution in [3.8, 4) is 39.6 Å². The first kappa shape index (κ1) is 29.4. The molecule has 3 N–H and O–H groups in total. The topological polar surface area (TPSA) is 149 Å². The quantitative estimate of drug-likeness (QED) is 0.162. The van der Waals surface area contributed by atoms with E-state index in [0.29, 0.717) is 38.3 Å². The van der Waals surface area contributed by atoms with Crippen molar-refractivity contribution in [2.75, 3.05) is 18.0 Å². The summed E-state index contributed by atoms with van der Waals surface area (Å²) in [5.74, 6) is -0.0383. The smallest absolute Gasteiger partial charge is 0.363 e. The fourth-order valence-corrected chi connectivity index (χ4v) is 6.46. The van der Waals surface area contributed by atoms with Gasteiger partial charge in [0, 0.05) is 47.3 Å². The van der Waals surface area contributed by atoms with Crippen LogP contribution in [-0.2, 0) is 10.5 Å². The van der Waals surface area contributed by atoms with E-state index in [2.05, 4.69) is 17.0 Å². The van der Waals surface area contributed by atoms with Crippen LogP contribution in [0.5, 0.6) is 5.75 Å². The standard InChI is InChI=1S/C30H25ClN6O3S2/c1-30(34,29(38)39)40-22-10-6-18(7-11-22)25-23(14-32)26(37-12-2-3-13-37)36-28(24(25)15-33)42-17-21-16-41-27(35-21)19-4-8-20(31)9-5-19/h4-11,16H,2-3,12-13,17,34H2,1H3,(H,38,39)/t30-/m1/s1. The molecule has 1 aliphatic heterocycles. The lowest BCUT2D eigenvalue weighted by molar-refractivity contribution is -0.153. The van der Waals surface area contributed by atoms with Gasteiger partial charge in [-0.15, -0.1) is 11.3 Å². The molecule has 1 atom stereocenters. The lowest BCUT2D eigenvalue weighted by Gasteiger charge is -2.23. The summed E-state index contributed by atoms with van der Waals surface area (Å²) in [5, 5.41) is 33.9. The summed E-state index contributed by atoms with van der Waals surface area (Å²) in [4.78, 5) is 23.1. The van der Waals surface area contributed by atoms with E-state index in [9.17, 15) is 20.4 Å². The number of carboxylic acid groups (broad SMARTS) is 1. The molecule has 12 heteroatoms. The molecule has 9 nitrogen and oxygen atoms in total. The average Bonchev–Trinajstić information content (AvgIpc) is 3.69. The van der Waals surface area contributed by atoms with Crippen molar-refractivity contribution in [2.24, 2.45) is 5.73 Å². The zero-order valence-electron chi connectivity index (χ0n) is 22.5. The average molecular weight is 617 g/mol. The lowest BCUT2D eigenvalue weighted by atomic mass is 9.96. The summed E-state index contributed by atoms with van der Waals surface area (Å²) in [6.45, 7) is 2.79. The van der Waals surface area contributed by atoms with E-state index in [1.54, 1.807) is 24.3 Å². The molecule has 0 amide bonds. The van der Waals surface area contributed by atoms with Crippen molar-refractivity contribution >= 4 is 46.5 Å². The number of nitrogens with two attached hydrogens (primary N) is 1. The molecule has 212 valence electrons. The number of nitriles is 2. The molecule has 0 unspecified atom stereocenters. The van der Waals surface area contributed by atoms with Gasteiger partial charge in [-0.1, -0.05) is 47.6 Å². The van der Waals surface area contributed by atoms with Crippen LogP contribution in [0.15, 0.2) is 58.9 Å². The first-order chi connectivity index (χ1) is 20.2. The van der Waals surface area contributed by atoms with Crippen LogP contribution < -0.4 is 15.4 Å². The van der Waals surface area contributed by atoms with E-state index < -0.39 is 11.7 Å². The number of carbonyl (C=O) groups is 1. The minimum atomic E-state index is -1.91. The molecule has 4 aromatic rings. The lowest BCUT2D eigenvalue weighted by Crippen LogP contribution is -2.50. The molecule has 0 saturated carbocycles. The van der Waals surface area contributed by atoms with Crippen LogP contribution in [0.4, 0.5) is 5.82 Å². The number of aromatic nitrogens is 2. The van der Waals surface area contributed by atoms with Crippen LogP contribution >= 0.6 is 34.7 Å². The molecule has 1 saturated heterocycles. The Labute approximate surface area is 256 Å². The summed E-state index contributed by atoms with van der Waals surface area (Å²) in [6.07, 6.45) is 1.98. The van der Waals surface area contributed by atoms with E-state index >= 15 is 0 Å². The molecular formula is C30H25ClN6O3S2. The number of anilines is 1. The summed E-state index contributed by atoms with van der Waals surface area (Å²) >= 11 is 8.95. The second-order valence-electron chi connectivity index (χ2n) is 9.76. The van der Waals surface area contributed by atoms with Gasteiger partial charge in [0.15, 0.2) is 0 Å². The number of pyridine rings is 1. The fraction of sp³-hybridized carbons (Fsp3) is 0.233. The Morgan fingerprint density at radius 2 is 1.74 bits per heavy atom. The summed E-state index contributed by atoms with van der Waals surface area (Å²) in [6, 6.07) is 18.6. The van der Waals surface area contributed by atoms with Crippen molar-refractivity contribution in [3.63, 3.8) is 0 Å². The van der Waals surface area contributed by atoms with Crippen molar-refractivity contribution < 1.29 is 14.6 Å². The number of rotatable bonds is 9. The number of hydrogen-bond donors (Lipinski definition) is 2. The highest BCUT2D eigenvalue weighted by Crippen LogP contribution is 2.40. The van der Waals surface area contributed by atoms with Crippen molar-refractivity contribution in [1.82, 2.24) is 9.97 Å². The van der Waals surface area contributed by atoms with Crippen LogP contribution in [0, 0.1) is 22.7 Å². The van der Waals surface area contributed by atoms with Crippen LogP contribution in [0.3, 0.4) is 0 Å². The number of thiazole rings is 1. The second-order valence-corrected chi connectivity index (χ2v) is 12.0. The van der Waals surface area contributed by atoms with E-state index in [-0.39, 0.29) is 11.3 Å². The molecule has 5 rings (SSSR count). The molecule has 42 heavy (non-hydrogen) atoms. The Hall–Kier alpha value is -4.13. The molecule has 2 aromatic carbocycles. The first-order valence-corrected chi connectivity index (χ1v) is 15.2. The predicted octanol–water partition coefficient (Wildman–Crippen LogP) is 6.30. The van der Waals surface area contributed by atoms with Gasteiger partial charge in [-0.3, -0.25) is 5.73 Å². The summed E-state index contributed by atoms with van der Waals surface area (Å²) < 4.78 is 5.43. The molecule has 0 bridgehead atoms. The summed E-state index contributed by atoms with van der Waals surface area (Å²) in [7, 11) is 0. The maximum absolute atomic E-state index is 11.4. The molecule has 1 aliphatic rings. The zero-order valence-corrected chi connectivity index (χ0v) is 24.9. The fourth-order valence-electron chi connectivity index (χ4n) is 4.53. The molecule has 0 radical (unpaired) electrons. The highest BCUT2D eigenvalue weighted by molar-refractivity contribution is 7.98. The number of benzene rings is 2. The van der Waals surface area contributed by atoms with Gasteiger partial charge in [-0.2, -0.15) is 10.5 Å². The largest absolute Gasteiger partial charge is 0.477 e. The van der Waals surface area contributed by atoms with Gasteiger partial charge in [0.2, 0.25) is 0 Å². The van der Waals surface area contributed by atoms with Crippen molar-refractivity contribution in [1.29, 1.82) is 10.5 Å². The number of nitrogens with zero attached hydrogens (tertiary/aromatic N) is 5. The van der Waals surface area contributed by atoms with Crippen LogP contribution in [-0.4, -0.2) is 39.9 Å². The molecule has 0 aliphatic carbocycles.